The van der Waals surface area contributed by atoms with E-state index in [1.54, 1.807) is 17.5 Å². The quantitative estimate of drug-likeness (QED) is 0.833. The molecule has 0 bridgehead atoms. The molecule has 116 valence electrons. The summed E-state index contributed by atoms with van der Waals surface area (Å²) in [7, 11) is 0. The maximum absolute atomic E-state index is 11.7. The van der Waals surface area contributed by atoms with Crippen LogP contribution in [0.3, 0.4) is 0 Å². The Balaban J connectivity index is 1.72. The lowest BCUT2D eigenvalue weighted by Crippen LogP contribution is -2.41. The van der Waals surface area contributed by atoms with E-state index in [1.165, 1.54) is 11.3 Å². The highest BCUT2D eigenvalue weighted by molar-refractivity contribution is 7.12. The van der Waals surface area contributed by atoms with Crippen molar-refractivity contribution < 1.29 is 14.3 Å². The summed E-state index contributed by atoms with van der Waals surface area (Å²) >= 11 is 1.31. The van der Waals surface area contributed by atoms with Crippen LogP contribution in [0, 0.1) is 13.8 Å². The molecule has 0 aliphatic carbocycles. The van der Waals surface area contributed by atoms with Crippen LogP contribution in [0.4, 0.5) is 0 Å². The molecule has 22 heavy (non-hydrogen) atoms. The zero-order valence-corrected chi connectivity index (χ0v) is 13.3. The van der Waals surface area contributed by atoms with E-state index in [1.807, 2.05) is 32.0 Å². The molecule has 0 radical (unpaired) electrons. The molecule has 0 aliphatic rings. The van der Waals surface area contributed by atoms with E-state index >= 15 is 0 Å². The summed E-state index contributed by atoms with van der Waals surface area (Å²) in [6.07, 6.45) is 0.165. The van der Waals surface area contributed by atoms with Gasteiger partial charge in [0.05, 0.1) is 17.9 Å². The van der Waals surface area contributed by atoms with Crippen LogP contribution in [-0.4, -0.2) is 18.4 Å². The van der Waals surface area contributed by atoms with Crippen molar-refractivity contribution in [2.24, 2.45) is 0 Å². The molecule has 2 aromatic rings. The minimum Gasteiger partial charge on any atom is -0.493 e. The summed E-state index contributed by atoms with van der Waals surface area (Å²) in [5, 5.41) is 1.80. The van der Waals surface area contributed by atoms with Crippen molar-refractivity contribution in [2.45, 2.75) is 20.3 Å². The first-order chi connectivity index (χ1) is 10.6. The lowest BCUT2D eigenvalue weighted by Gasteiger charge is -2.11. The van der Waals surface area contributed by atoms with Gasteiger partial charge in [-0.25, -0.2) is 0 Å². The van der Waals surface area contributed by atoms with E-state index in [4.69, 9.17) is 4.74 Å². The number of hydrogen-bond donors (Lipinski definition) is 2. The number of carbonyl (C=O) groups is 2. The van der Waals surface area contributed by atoms with Gasteiger partial charge in [0.1, 0.15) is 5.75 Å². The predicted molar refractivity (Wildman–Crippen MR) is 86.0 cm³/mol. The number of hydrogen-bond acceptors (Lipinski definition) is 4. The molecule has 2 N–H and O–H groups in total. The minimum absolute atomic E-state index is 0.165. The van der Waals surface area contributed by atoms with Gasteiger partial charge in [-0.2, -0.15) is 0 Å². The van der Waals surface area contributed by atoms with Gasteiger partial charge in [-0.1, -0.05) is 18.2 Å². The zero-order valence-electron chi connectivity index (χ0n) is 12.5. The molecule has 0 saturated carbocycles. The van der Waals surface area contributed by atoms with E-state index < -0.39 is 0 Å². The van der Waals surface area contributed by atoms with Gasteiger partial charge in [0.2, 0.25) is 5.91 Å². The number of carbonyl (C=O) groups excluding carboxylic acids is 2. The Morgan fingerprint density at radius 2 is 1.95 bits per heavy atom. The van der Waals surface area contributed by atoms with Crippen molar-refractivity contribution in [3.05, 3.63) is 51.7 Å². The SMILES string of the molecule is Cc1cccc(OCCC(=O)NNC(=O)c2cccs2)c1C. The van der Waals surface area contributed by atoms with E-state index in [0.717, 1.165) is 16.9 Å². The Morgan fingerprint density at radius 1 is 1.14 bits per heavy atom. The van der Waals surface area contributed by atoms with Crippen molar-refractivity contribution in [3.8, 4) is 5.75 Å². The fourth-order valence-corrected chi connectivity index (χ4v) is 2.41. The summed E-state index contributed by atoms with van der Waals surface area (Å²) in [4.78, 5) is 23.8. The predicted octanol–water partition coefficient (Wildman–Crippen LogP) is 2.60. The van der Waals surface area contributed by atoms with Crippen molar-refractivity contribution in [1.82, 2.24) is 10.9 Å². The van der Waals surface area contributed by atoms with Crippen LogP contribution in [-0.2, 0) is 4.79 Å². The van der Waals surface area contributed by atoms with E-state index in [2.05, 4.69) is 10.9 Å². The molecular weight excluding hydrogens is 300 g/mol. The molecule has 6 heteroatoms. The van der Waals surface area contributed by atoms with Gasteiger partial charge >= 0.3 is 0 Å². The van der Waals surface area contributed by atoms with Crippen molar-refractivity contribution in [3.63, 3.8) is 0 Å². The van der Waals surface area contributed by atoms with Gasteiger partial charge in [-0.3, -0.25) is 20.4 Å². The first kappa shape index (κ1) is 16.0. The number of hydrazine groups is 1. The number of thiophene rings is 1. The number of ether oxygens (including phenoxy) is 1. The Hall–Kier alpha value is -2.34. The Kier molecular flexibility index (Phi) is 5.55. The molecule has 1 aromatic carbocycles. The molecule has 0 fully saturated rings. The van der Waals surface area contributed by atoms with Crippen molar-refractivity contribution in [2.75, 3.05) is 6.61 Å². The Morgan fingerprint density at radius 3 is 2.68 bits per heavy atom. The number of amides is 2. The lowest BCUT2D eigenvalue weighted by atomic mass is 10.1. The van der Waals surface area contributed by atoms with Crippen LogP contribution in [0.25, 0.3) is 0 Å². The van der Waals surface area contributed by atoms with Crippen LogP contribution in [0.1, 0.15) is 27.2 Å². The number of rotatable bonds is 5. The van der Waals surface area contributed by atoms with Crippen LogP contribution < -0.4 is 15.6 Å². The van der Waals surface area contributed by atoms with E-state index in [-0.39, 0.29) is 24.8 Å². The Bertz CT molecular complexity index is 653. The first-order valence-corrected chi connectivity index (χ1v) is 7.77. The second-order valence-electron chi connectivity index (χ2n) is 4.78. The third-order valence-electron chi connectivity index (χ3n) is 3.20. The largest absolute Gasteiger partial charge is 0.493 e. The first-order valence-electron chi connectivity index (χ1n) is 6.89. The zero-order chi connectivity index (χ0) is 15.9. The summed E-state index contributed by atoms with van der Waals surface area (Å²) in [5.41, 5.74) is 6.95. The van der Waals surface area contributed by atoms with Crippen molar-refractivity contribution in [1.29, 1.82) is 0 Å². The minimum atomic E-state index is -0.321. The molecule has 0 saturated heterocycles. The summed E-state index contributed by atoms with van der Waals surface area (Å²) in [6, 6.07) is 9.27. The van der Waals surface area contributed by atoms with Crippen LogP contribution >= 0.6 is 11.3 Å². The molecule has 5 nitrogen and oxygen atoms in total. The average molecular weight is 318 g/mol. The van der Waals surface area contributed by atoms with Crippen LogP contribution in [0.5, 0.6) is 5.75 Å². The average Bonchev–Trinajstić information content (AvgIpc) is 3.03. The van der Waals surface area contributed by atoms with E-state index in [0.29, 0.717) is 4.88 Å². The molecule has 1 heterocycles. The van der Waals surface area contributed by atoms with Gasteiger partial charge < -0.3 is 4.74 Å². The second kappa shape index (κ2) is 7.61. The summed E-state index contributed by atoms with van der Waals surface area (Å²) in [6.45, 7) is 4.24. The van der Waals surface area contributed by atoms with Crippen LogP contribution in [0.2, 0.25) is 0 Å². The maximum atomic E-state index is 11.7. The molecule has 2 rings (SSSR count). The number of aryl methyl sites for hydroxylation is 1. The fraction of sp³-hybridized carbons (Fsp3) is 0.250. The Labute approximate surface area is 133 Å². The standard InChI is InChI=1S/C16H18N2O3S/c1-11-5-3-6-13(12(11)2)21-9-8-15(19)17-18-16(20)14-7-4-10-22-14/h3-7,10H,8-9H2,1-2H3,(H,17,19)(H,18,20). The second-order valence-corrected chi connectivity index (χ2v) is 5.72. The third kappa shape index (κ3) is 4.33. The van der Waals surface area contributed by atoms with Gasteiger partial charge in [0.25, 0.3) is 5.91 Å². The molecule has 2 amide bonds. The summed E-state index contributed by atoms with van der Waals surface area (Å²) < 4.78 is 5.60. The van der Waals surface area contributed by atoms with Gasteiger partial charge in [-0.15, -0.1) is 11.3 Å². The van der Waals surface area contributed by atoms with Gasteiger partial charge in [0.15, 0.2) is 0 Å². The molecule has 1 aromatic heterocycles. The summed E-state index contributed by atoms with van der Waals surface area (Å²) in [5.74, 6) is 0.157. The molecule has 0 atom stereocenters. The lowest BCUT2D eigenvalue weighted by molar-refractivity contribution is -0.122. The van der Waals surface area contributed by atoms with Crippen molar-refractivity contribution >= 4 is 23.2 Å². The molecule has 0 spiro atoms. The van der Waals surface area contributed by atoms with Gasteiger partial charge in [0, 0.05) is 0 Å². The molecule has 0 aliphatic heterocycles. The number of benzene rings is 1. The topological polar surface area (TPSA) is 67.4 Å². The third-order valence-corrected chi connectivity index (χ3v) is 4.07. The number of nitrogens with one attached hydrogen (secondary N) is 2. The molecule has 0 unspecified atom stereocenters. The molecular formula is C16H18N2O3S. The highest BCUT2D eigenvalue weighted by Crippen LogP contribution is 2.20. The smallest absolute Gasteiger partial charge is 0.279 e. The van der Waals surface area contributed by atoms with E-state index in [9.17, 15) is 9.59 Å². The monoisotopic (exact) mass is 318 g/mol. The maximum Gasteiger partial charge on any atom is 0.279 e. The van der Waals surface area contributed by atoms with Gasteiger partial charge in [-0.05, 0) is 42.5 Å². The normalized spacial score (nSPS) is 10.1. The fourth-order valence-electron chi connectivity index (χ4n) is 1.79. The highest BCUT2D eigenvalue weighted by Gasteiger charge is 2.08. The highest BCUT2D eigenvalue weighted by atomic mass is 32.1. The van der Waals surface area contributed by atoms with Crippen LogP contribution in [0.15, 0.2) is 35.7 Å².